The second-order valence-electron chi connectivity index (χ2n) is 6.72. The molecule has 0 saturated carbocycles. The van der Waals surface area contributed by atoms with Crippen LogP contribution in [0.3, 0.4) is 0 Å². The Labute approximate surface area is 149 Å². The number of sulfone groups is 1. The highest BCUT2D eigenvalue weighted by Gasteiger charge is 2.33. The predicted octanol–water partition coefficient (Wildman–Crippen LogP) is 3.57. The molecule has 1 amide bonds. The summed E-state index contributed by atoms with van der Waals surface area (Å²) in [5.41, 5.74) is 1.54. The Bertz CT molecular complexity index is 823. The van der Waals surface area contributed by atoms with Crippen LogP contribution in [0.25, 0.3) is 0 Å². The van der Waals surface area contributed by atoms with Crippen molar-refractivity contribution in [1.29, 1.82) is 0 Å². The van der Waals surface area contributed by atoms with E-state index in [-0.39, 0.29) is 23.3 Å². The van der Waals surface area contributed by atoms with E-state index in [1.54, 1.807) is 31.2 Å². The van der Waals surface area contributed by atoms with Gasteiger partial charge in [0.2, 0.25) is 5.91 Å². The molecule has 25 heavy (non-hydrogen) atoms. The number of aryl methyl sites for hydroxylation is 2. The van der Waals surface area contributed by atoms with Gasteiger partial charge in [-0.15, -0.1) is 0 Å². The van der Waals surface area contributed by atoms with Crippen molar-refractivity contribution in [2.75, 3.05) is 6.54 Å². The Hall–Kier alpha value is -2.08. The molecule has 1 aromatic carbocycles. The van der Waals surface area contributed by atoms with Gasteiger partial charge in [-0.1, -0.05) is 26.0 Å². The van der Waals surface area contributed by atoms with Gasteiger partial charge in [-0.05, 0) is 49.1 Å². The summed E-state index contributed by atoms with van der Waals surface area (Å²) >= 11 is 0. The summed E-state index contributed by atoms with van der Waals surface area (Å²) in [4.78, 5) is 12.2. The molecule has 0 bridgehead atoms. The molecule has 0 fully saturated rings. The zero-order chi connectivity index (χ0) is 18.6. The fraction of sp³-hybridized carbons (Fsp3) is 0.421. The second-order valence-corrected chi connectivity index (χ2v) is 8.82. The molecule has 2 rings (SSSR count). The molecule has 136 valence electrons. The highest BCUT2D eigenvalue weighted by molar-refractivity contribution is 7.91. The first-order valence-electron chi connectivity index (χ1n) is 8.33. The number of furan rings is 1. The van der Waals surface area contributed by atoms with Gasteiger partial charge in [0.15, 0.2) is 9.84 Å². The van der Waals surface area contributed by atoms with Gasteiger partial charge in [0, 0.05) is 13.0 Å². The molecule has 0 radical (unpaired) electrons. The number of nitrogens with one attached hydrogen (secondary N) is 1. The predicted molar refractivity (Wildman–Crippen MR) is 97.0 cm³/mol. The SMILES string of the molecule is Cc1ccc(C)c(S(=O)(=O)[C@@H](CNC(=O)CC(C)C)c2ccco2)c1. The highest BCUT2D eigenvalue weighted by atomic mass is 32.2. The number of rotatable bonds is 7. The molecule has 6 heteroatoms. The highest BCUT2D eigenvalue weighted by Crippen LogP contribution is 2.31. The van der Waals surface area contributed by atoms with Crippen molar-refractivity contribution in [3.05, 3.63) is 53.5 Å². The molecule has 0 spiro atoms. The summed E-state index contributed by atoms with van der Waals surface area (Å²) < 4.78 is 31.8. The van der Waals surface area contributed by atoms with Crippen LogP contribution < -0.4 is 5.32 Å². The van der Waals surface area contributed by atoms with Crippen LogP contribution in [0.5, 0.6) is 0 Å². The number of carbonyl (C=O) groups is 1. The monoisotopic (exact) mass is 363 g/mol. The Morgan fingerprint density at radius 2 is 1.92 bits per heavy atom. The van der Waals surface area contributed by atoms with E-state index in [1.165, 1.54) is 6.26 Å². The molecule has 0 aliphatic rings. The van der Waals surface area contributed by atoms with Crippen molar-refractivity contribution < 1.29 is 17.6 Å². The average Bonchev–Trinajstić information content (AvgIpc) is 3.02. The van der Waals surface area contributed by atoms with E-state index in [2.05, 4.69) is 5.32 Å². The summed E-state index contributed by atoms with van der Waals surface area (Å²) in [6.07, 6.45) is 1.80. The molecule has 0 aliphatic heterocycles. The van der Waals surface area contributed by atoms with Gasteiger partial charge in [-0.2, -0.15) is 0 Å². The molecule has 1 atom stereocenters. The summed E-state index contributed by atoms with van der Waals surface area (Å²) in [6, 6.07) is 8.61. The Morgan fingerprint density at radius 3 is 2.52 bits per heavy atom. The topological polar surface area (TPSA) is 76.4 Å². The van der Waals surface area contributed by atoms with Crippen LogP contribution in [-0.4, -0.2) is 20.9 Å². The summed E-state index contributed by atoms with van der Waals surface area (Å²) in [5.74, 6) is 0.367. The largest absolute Gasteiger partial charge is 0.468 e. The zero-order valence-corrected chi connectivity index (χ0v) is 15.9. The molecule has 2 aromatic rings. The Balaban J connectivity index is 2.35. The number of carbonyl (C=O) groups excluding carboxylic acids is 1. The number of hydrogen-bond donors (Lipinski definition) is 1. The Morgan fingerprint density at radius 1 is 1.20 bits per heavy atom. The van der Waals surface area contributed by atoms with Crippen LogP contribution in [0, 0.1) is 19.8 Å². The Kier molecular flexibility index (Phi) is 6.06. The van der Waals surface area contributed by atoms with E-state index >= 15 is 0 Å². The lowest BCUT2D eigenvalue weighted by molar-refractivity contribution is -0.121. The van der Waals surface area contributed by atoms with E-state index in [0.29, 0.717) is 17.7 Å². The third kappa shape index (κ3) is 4.72. The van der Waals surface area contributed by atoms with Crippen LogP contribution >= 0.6 is 0 Å². The van der Waals surface area contributed by atoms with Gasteiger partial charge in [-0.25, -0.2) is 8.42 Å². The maximum atomic E-state index is 13.2. The minimum atomic E-state index is -3.71. The summed E-state index contributed by atoms with van der Waals surface area (Å²) in [5, 5.41) is 1.78. The fourth-order valence-corrected chi connectivity index (χ4v) is 4.57. The molecule has 5 nitrogen and oxygen atoms in total. The van der Waals surface area contributed by atoms with Crippen molar-refractivity contribution in [2.45, 2.75) is 44.3 Å². The molecular formula is C19H25NO4S. The van der Waals surface area contributed by atoms with E-state index in [1.807, 2.05) is 26.8 Å². The lowest BCUT2D eigenvalue weighted by Crippen LogP contribution is -2.32. The lowest BCUT2D eigenvalue weighted by Gasteiger charge is -2.18. The van der Waals surface area contributed by atoms with Crippen LogP contribution in [0.4, 0.5) is 0 Å². The molecular weight excluding hydrogens is 338 g/mol. The second kappa shape index (κ2) is 7.87. The van der Waals surface area contributed by atoms with Gasteiger partial charge >= 0.3 is 0 Å². The van der Waals surface area contributed by atoms with Crippen molar-refractivity contribution in [1.82, 2.24) is 5.32 Å². The quantitative estimate of drug-likeness (QED) is 0.816. The number of amides is 1. The average molecular weight is 363 g/mol. The summed E-state index contributed by atoms with van der Waals surface area (Å²) in [7, 11) is -3.71. The molecule has 0 aliphatic carbocycles. The first kappa shape index (κ1) is 19.2. The van der Waals surface area contributed by atoms with Crippen LogP contribution in [0.15, 0.2) is 45.9 Å². The lowest BCUT2D eigenvalue weighted by atomic mass is 10.1. The van der Waals surface area contributed by atoms with Gasteiger partial charge in [0.25, 0.3) is 0 Å². The fourth-order valence-electron chi connectivity index (χ4n) is 2.65. The molecule has 1 heterocycles. The smallest absolute Gasteiger partial charge is 0.220 e. The van der Waals surface area contributed by atoms with E-state index < -0.39 is 15.1 Å². The van der Waals surface area contributed by atoms with E-state index in [9.17, 15) is 13.2 Å². The first-order chi connectivity index (χ1) is 11.7. The van der Waals surface area contributed by atoms with Crippen LogP contribution in [0.1, 0.15) is 42.4 Å². The molecule has 0 unspecified atom stereocenters. The van der Waals surface area contributed by atoms with Crippen molar-refractivity contribution in [2.24, 2.45) is 5.92 Å². The van der Waals surface area contributed by atoms with Crippen molar-refractivity contribution in [3.8, 4) is 0 Å². The minimum absolute atomic E-state index is 0.0191. The van der Waals surface area contributed by atoms with Crippen LogP contribution in [0.2, 0.25) is 0 Å². The molecule has 1 N–H and O–H groups in total. The van der Waals surface area contributed by atoms with Gasteiger partial charge < -0.3 is 9.73 Å². The zero-order valence-electron chi connectivity index (χ0n) is 15.1. The number of hydrogen-bond acceptors (Lipinski definition) is 4. The van der Waals surface area contributed by atoms with E-state index in [4.69, 9.17) is 4.42 Å². The maximum Gasteiger partial charge on any atom is 0.220 e. The molecule has 0 saturated heterocycles. The van der Waals surface area contributed by atoms with Gasteiger partial charge in [0.05, 0.1) is 11.2 Å². The van der Waals surface area contributed by atoms with Gasteiger partial charge in [0.1, 0.15) is 11.0 Å². The third-order valence-corrected chi connectivity index (χ3v) is 6.16. The third-order valence-electron chi connectivity index (χ3n) is 3.96. The van der Waals surface area contributed by atoms with Crippen molar-refractivity contribution >= 4 is 15.7 Å². The molecule has 1 aromatic heterocycles. The number of benzene rings is 1. The summed E-state index contributed by atoms with van der Waals surface area (Å²) in [6.45, 7) is 7.48. The van der Waals surface area contributed by atoms with Crippen LogP contribution in [-0.2, 0) is 14.6 Å². The van der Waals surface area contributed by atoms with Gasteiger partial charge in [-0.3, -0.25) is 4.79 Å². The maximum absolute atomic E-state index is 13.2. The van der Waals surface area contributed by atoms with Crippen molar-refractivity contribution in [3.63, 3.8) is 0 Å². The van der Waals surface area contributed by atoms with E-state index in [0.717, 1.165) is 5.56 Å². The normalized spacial score (nSPS) is 13.0. The first-order valence-corrected chi connectivity index (χ1v) is 9.87. The minimum Gasteiger partial charge on any atom is -0.468 e. The standard InChI is InChI=1S/C19H25NO4S/c1-13(2)10-19(21)20-12-18(16-6-5-9-24-16)25(22,23)17-11-14(3)7-8-15(17)4/h5-9,11,13,18H,10,12H2,1-4H3,(H,20,21)/t18-/m0/s1.